The maximum absolute atomic E-state index is 6.37. The number of hydrogen-bond acceptors (Lipinski definition) is 5. The Labute approximate surface area is 335 Å². The van der Waals surface area contributed by atoms with Gasteiger partial charge in [0.1, 0.15) is 11.2 Å². The summed E-state index contributed by atoms with van der Waals surface area (Å²) in [6.07, 6.45) is 0.779. The third-order valence-electron chi connectivity index (χ3n) is 12.3. The SMILES string of the molecule is CC1(C)c2ccccc2-c2cccc(-c3cccc4c3N(c3nc(-c5ccccc5)nc(-c5ccc6c(c5)oc5ccccc56)n3)c3ccc5ccccc5c3C4)c21. The summed E-state index contributed by atoms with van der Waals surface area (Å²) >= 11 is 0. The van der Waals surface area contributed by atoms with Crippen LogP contribution in [0.4, 0.5) is 17.3 Å². The topological polar surface area (TPSA) is 55.1 Å². The number of fused-ring (bicyclic) bond motifs is 10. The van der Waals surface area contributed by atoms with Crippen molar-refractivity contribution in [1.82, 2.24) is 15.0 Å². The molecule has 8 aromatic carbocycles. The number of furan rings is 1. The molecule has 58 heavy (non-hydrogen) atoms. The summed E-state index contributed by atoms with van der Waals surface area (Å²) in [5.41, 5.74) is 15.5. The van der Waals surface area contributed by atoms with Gasteiger partial charge in [-0.05, 0) is 74.0 Å². The summed E-state index contributed by atoms with van der Waals surface area (Å²) < 4.78 is 6.37. The van der Waals surface area contributed by atoms with Gasteiger partial charge in [0.2, 0.25) is 5.95 Å². The Morgan fingerprint density at radius 2 is 1.19 bits per heavy atom. The lowest BCUT2D eigenvalue weighted by molar-refractivity contribution is 0.662. The predicted octanol–water partition coefficient (Wildman–Crippen LogP) is 13.6. The van der Waals surface area contributed by atoms with Crippen LogP contribution in [-0.2, 0) is 11.8 Å². The first-order valence-electron chi connectivity index (χ1n) is 19.9. The maximum Gasteiger partial charge on any atom is 0.238 e. The average molecular weight is 745 g/mol. The van der Waals surface area contributed by atoms with E-state index in [0.29, 0.717) is 17.6 Å². The van der Waals surface area contributed by atoms with E-state index in [4.69, 9.17) is 19.4 Å². The quantitative estimate of drug-likeness (QED) is 0.180. The molecule has 0 saturated heterocycles. The summed E-state index contributed by atoms with van der Waals surface area (Å²) in [6.45, 7) is 4.72. The highest BCUT2D eigenvalue weighted by Gasteiger charge is 2.39. The zero-order valence-electron chi connectivity index (χ0n) is 32.1. The van der Waals surface area contributed by atoms with Crippen molar-refractivity contribution in [3.8, 4) is 45.0 Å². The summed E-state index contributed by atoms with van der Waals surface area (Å²) in [6, 6.07) is 60.2. The van der Waals surface area contributed by atoms with Crippen LogP contribution >= 0.6 is 0 Å². The van der Waals surface area contributed by atoms with Gasteiger partial charge in [-0.2, -0.15) is 9.97 Å². The van der Waals surface area contributed by atoms with Crippen molar-refractivity contribution in [2.75, 3.05) is 4.90 Å². The van der Waals surface area contributed by atoms with Gasteiger partial charge in [0.25, 0.3) is 0 Å². The molecule has 0 radical (unpaired) electrons. The van der Waals surface area contributed by atoms with Gasteiger partial charge in [0, 0.05) is 39.3 Å². The molecule has 12 rings (SSSR count). The predicted molar refractivity (Wildman–Crippen MR) is 236 cm³/mol. The molecule has 1 aliphatic heterocycles. The molecule has 274 valence electrons. The van der Waals surface area contributed by atoms with Gasteiger partial charge in [0.05, 0.1) is 11.4 Å². The zero-order valence-corrected chi connectivity index (χ0v) is 32.1. The van der Waals surface area contributed by atoms with Crippen LogP contribution in [0.2, 0.25) is 0 Å². The Kier molecular flexibility index (Phi) is 6.97. The fourth-order valence-corrected chi connectivity index (χ4v) is 9.70. The lowest BCUT2D eigenvalue weighted by Crippen LogP contribution is -2.23. The molecule has 0 bridgehead atoms. The molecule has 0 spiro atoms. The number of rotatable bonds is 4. The molecule has 0 amide bonds. The Hall–Kier alpha value is -7.37. The monoisotopic (exact) mass is 744 g/mol. The fraction of sp³-hybridized carbons (Fsp3) is 0.0755. The minimum Gasteiger partial charge on any atom is -0.456 e. The Morgan fingerprint density at radius 3 is 2.07 bits per heavy atom. The lowest BCUT2D eigenvalue weighted by Gasteiger charge is -2.35. The van der Waals surface area contributed by atoms with E-state index in [2.05, 4.69) is 152 Å². The molecule has 2 aliphatic rings. The first-order valence-corrected chi connectivity index (χ1v) is 19.9. The lowest BCUT2D eigenvalue weighted by atomic mass is 9.78. The van der Waals surface area contributed by atoms with E-state index in [-0.39, 0.29) is 5.41 Å². The molecule has 2 aromatic heterocycles. The Balaban J connectivity index is 1.14. The molecule has 5 heteroatoms. The number of benzene rings is 8. The van der Waals surface area contributed by atoms with Crippen LogP contribution in [0.1, 0.15) is 36.1 Å². The van der Waals surface area contributed by atoms with Crippen LogP contribution in [0.25, 0.3) is 77.7 Å². The van der Waals surface area contributed by atoms with Crippen LogP contribution in [-0.4, -0.2) is 15.0 Å². The number of nitrogens with zero attached hydrogens (tertiary/aromatic N) is 4. The van der Waals surface area contributed by atoms with Gasteiger partial charge in [-0.3, -0.25) is 4.90 Å². The van der Waals surface area contributed by atoms with Crippen molar-refractivity contribution in [3.63, 3.8) is 0 Å². The smallest absolute Gasteiger partial charge is 0.238 e. The van der Waals surface area contributed by atoms with Crippen molar-refractivity contribution in [3.05, 3.63) is 192 Å². The van der Waals surface area contributed by atoms with E-state index in [1.165, 1.54) is 49.7 Å². The molecular formula is C53H36N4O. The Morgan fingerprint density at radius 1 is 0.517 bits per heavy atom. The van der Waals surface area contributed by atoms with Gasteiger partial charge < -0.3 is 4.42 Å². The van der Waals surface area contributed by atoms with E-state index in [1.807, 2.05) is 36.4 Å². The number of para-hydroxylation sites is 2. The molecule has 10 aromatic rings. The second kappa shape index (κ2) is 12.3. The third kappa shape index (κ3) is 4.80. The number of anilines is 3. The largest absolute Gasteiger partial charge is 0.456 e. The normalized spacial score (nSPS) is 13.7. The van der Waals surface area contributed by atoms with Crippen LogP contribution in [0.15, 0.2) is 174 Å². The zero-order chi connectivity index (χ0) is 38.5. The molecular weight excluding hydrogens is 709 g/mol. The van der Waals surface area contributed by atoms with Crippen molar-refractivity contribution in [2.24, 2.45) is 0 Å². The molecule has 0 N–H and O–H groups in total. The van der Waals surface area contributed by atoms with Gasteiger partial charge in [-0.1, -0.05) is 159 Å². The van der Waals surface area contributed by atoms with Crippen molar-refractivity contribution in [2.45, 2.75) is 25.7 Å². The van der Waals surface area contributed by atoms with Gasteiger partial charge >= 0.3 is 0 Å². The molecule has 3 heterocycles. The first kappa shape index (κ1) is 32.8. The summed E-state index contributed by atoms with van der Waals surface area (Å²) in [7, 11) is 0. The molecule has 1 aliphatic carbocycles. The first-order chi connectivity index (χ1) is 28.5. The van der Waals surface area contributed by atoms with Gasteiger partial charge in [0.15, 0.2) is 11.6 Å². The molecule has 0 atom stereocenters. The Bertz CT molecular complexity index is 3310. The summed E-state index contributed by atoms with van der Waals surface area (Å²) in [5, 5.41) is 4.59. The van der Waals surface area contributed by atoms with Crippen LogP contribution in [0.5, 0.6) is 0 Å². The highest BCUT2D eigenvalue weighted by atomic mass is 16.3. The standard InChI is InChI=1S/C53H36N4O/c1-53(2)44-24-10-8-19-37(44)40-21-13-22-41(48(40)53)42-23-12-17-34-30-43-36-18-7-6-14-32(36)27-29-45(43)57(49(34)42)52-55-50(33-15-4-3-5-16-33)54-51(56-52)35-26-28-39-38-20-9-11-25-46(38)58-47(39)31-35/h3-29,31H,30H2,1-2H3. The molecule has 0 fully saturated rings. The van der Waals surface area contributed by atoms with E-state index in [9.17, 15) is 0 Å². The van der Waals surface area contributed by atoms with Crippen molar-refractivity contribution >= 4 is 50.0 Å². The summed E-state index contributed by atoms with van der Waals surface area (Å²) in [4.78, 5) is 18.3. The van der Waals surface area contributed by atoms with E-state index in [1.54, 1.807) is 0 Å². The highest BCUT2D eigenvalue weighted by Crippen LogP contribution is 2.55. The molecule has 5 nitrogen and oxygen atoms in total. The number of hydrogen-bond donors (Lipinski definition) is 0. The van der Waals surface area contributed by atoms with Gasteiger partial charge in [-0.25, -0.2) is 4.98 Å². The highest BCUT2D eigenvalue weighted by molar-refractivity contribution is 6.06. The van der Waals surface area contributed by atoms with Crippen molar-refractivity contribution in [1.29, 1.82) is 0 Å². The summed E-state index contributed by atoms with van der Waals surface area (Å²) in [5.74, 6) is 1.75. The molecule has 0 saturated carbocycles. The second-order valence-electron chi connectivity index (χ2n) is 16.0. The minimum absolute atomic E-state index is 0.199. The van der Waals surface area contributed by atoms with E-state index < -0.39 is 0 Å². The van der Waals surface area contributed by atoms with E-state index >= 15 is 0 Å². The average Bonchev–Trinajstić information content (AvgIpc) is 3.77. The third-order valence-corrected chi connectivity index (χ3v) is 12.3. The molecule has 0 unspecified atom stereocenters. The van der Waals surface area contributed by atoms with Gasteiger partial charge in [-0.15, -0.1) is 0 Å². The van der Waals surface area contributed by atoms with Crippen LogP contribution in [0, 0.1) is 0 Å². The van der Waals surface area contributed by atoms with E-state index in [0.717, 1.165) is 56.4 Å². The minimum atomic E-state index is -0.199. The second-order valence-corrected chi connectivity index (χ2v) is 16.0. The number of aromatic nitrogens is 3. The fourth-order valence-electron chi connectivity index (χ4n) is 9.70. The van der Waals surface area contributed by atoms with Crippen molar-refractivity contribution < 1.29 is 4.42 Å². The van der Waals surface area contributed by atoms with Crippen LogP contribution < -0.4 is 4.90 Å². The maximum atomic E-state index is 6.37. The van der Waals surface area contributed by atoms with Crippen LogP contribution in [0.3, 0.4) is 0 Å².